The Bertz CT molecular complexity index is 1140. The summed E-state index contributed by atoms with van der Waals surface area (Å²) in [4.78, 5) is 22.0. The highest BCUT2D eigenvalue weighted by Crippen LogP contribution is 2.24. The molecule has 1 fully saturated rings. The molecular formula is C24H30N4O4S. The zero-order valence-electron chi connectivity index (χ0n) is 19.2. The molecule has 0 aliphatic carbocycles. The average molecular weight is 471 g/mol. The third-order valence-electron chi connectivity index (χ3n) is 5.92. The Morgan fingerprint density at radius 2 is 1.79 bits per heavy atom. The highest BCUT2D eigenvalue weighted by molar-refractivity contribution is 7.90. The molecule has 2 aliphatic heterocycles. The molecule has 2 aromatic rings. The third-order valence-corrected chi connectivity index (χ3v) is 7.32. The SMILES string of the molecule is CC(C)[C@H](N=C1NS(=O)(=O)c2ccccc21)C(=O)N(C)Cc1ccc(N2CCOCC2)cc1. The molecule has 1 atom stereocenters. The van der Waals surface area contributed by atoms with E-state index in [4.69, 9.17) is 4.74 Å². The number of carbonyl (C=O) groups excluding carboxylic acids is 1. The summed E-state index contributed by atoms with van der Waals surface area (Å²) in [6, 6.07) is 14.2. The summed E-state index contributed by atoms with van der Waals surface area (Å²) in [5, 5.41) is 0. The van der Waals surface area contributed by atoms with Gasteiger partial charge in [0.15, 0.2) is 0 Å². The minimum atomic E-state index is -3.65. The van der Waals surface area contributed by atoms with Crippen LogP contribution in [0.5, 0.6) is 0 Å². The van der Waals surface area contributed by atoms with Gasteiger partial charge in [-0.15, -0.1) is 0 Å². The van der Waals surface area contributed by atoms with Crippen LogP contribution < -0.4 is 9.62 Å². The van der Waals surface area contributed by atoms with Crippen LogP contribution in [-0.2, 0) is 26.1 Å². The van der Waals surface area contributed by atoms with E-state index in [1.165, 1.54) is 0 Å². The van der Waals surface area contributed by atoms with Gasteiger partial charge in [0.2, 0.25) is 5.91 Å². The van der Waals surface area contributed by atoms with Gasteiger partial charge in [0.25, 0.3) is 10.0 Å². The predicted molar refractivity (Wildman–Crippen MR) is 128 cm³/mol. The Balaban J connectivity index is 1.49. The van der Waals surface area contributed by atoms with Crippen LogP contribution in [0.4, 0.5) is 5.69 Å². The molecule has 1 saturated heterocycles. The molecule has 0 bridgehead atoms. The number of benzene rings is 2. The summed E-state index contributed by atoms with van der Waals surface area (Å²) in [5.74, 6) is -0.0346. The fraction of sp³-hybridized carbons (Fsp3) is 0.417. The van der Waals surface area contributed by atoms with Gasteiger partial charge in [-0.3, -0.25) is 14.5 Å². The molecular weight excluding hydrogens is 440 g/mol. The molecule has 4 rings (SSSR count). The van der Waals surface area contributed by atoms with Gasteiger partial charge in [-0.2, -0.15) is 0 Å². The van der Waals surface area contributed by atoms with Crippen molar-refractivity contribution >= 4 is 27.5 Å². The van der Waals surface area contributed by atoms with E-state index in [2.05, 4.69) is 26.7 Å². The van der Waals surface area contributed by atoms with Crippen LogP contribution in [0.3, 0.4) is 0 Å². The molecule has 2 aliphatic rings. The smallest absolute Gasteiger partial charge is 0.263 e. The van der Waals surface area contributed by atoms with Gasteiger partial charge in [0.05, 0.1) is 18.1 Å². The number of rotatable bonds is 6. The number of hydrogen-bond acceptors (Lipinski definition) is 6. The van der Waals surface area contributed by atoms with Crippen molar-refractivity contribution in [3.63, 3.8) is 0 Å². The van der Waals surface area contributed by atoms with Gasteiger partial charge < -0.3 is 14.5 Å². The predicted octanol–water partition coefficient (Wildman–Crippen LogP) is 2.24. The second-order valence-electron chi connectivity index (χ2n) is 8.73. The van der Waals surface area contributed by atoms with Crippen LogP contribution >= 0.6 is 0 Å². The molecule has 0 unspecified atom stereocenters. The average Bonchev–Trinajstić information content (AvgIpc) is 3.08. The number of nitrogens with zero attached hydrogens (tertiary/aromatic N) is 3. The lowest BCUT2D eigenvalue weighted by Crippen LogP contribution is -2.39. The van der Waals surface area contributed by atoms with Crippen LogP contribution in [0.1, 0.15) is 25.0 Å². The standard InChI is InChI=1S/C24H30N4O4S/c1-17(2)22(25-23-20-6-4-5-7-21(20)33(30,31)26-23)24(29)27(3)16-18-8-10-19(11-9-18)28-12-14-32-15-13-28/h4-11,17,22H,12-16H2,1-3H3,(H,25,26)/t22-/m0/s1. The first kappa shape index (κ1) is 23.3. The summed E-state index contributed by atoms with van der Waals surface area (Å²) in [6.07, 6.45) is 0. The van der Waals surface area contributed by atoms with E-state index in [0.717, 1.165) is 37.6 Å². The normalized spacial score (nSPS) is 19.3. The number of ether oxygens (including phenoxy) is 1. The maximum absolute atomic E-state index is 13.3. The largest absolute Gasteiger partial charge is 0.378 e. The Labute approximate surface area is 195 Å². The molecule has 0 radical (unpaired) electrons. The number of hydrogen-bond donors (Lipinski definition) is 1. The van der Waals surface area contributed by atoms with Crippen molar-refractivity contribution < 1.29 is 17.9 Å². The number of aliphatic imine (C=N–C) groups is 1. The van der Waals surface area contributed by atoms with Crippen LogP contribution in [0.25, 0.3) is 0 Å². The molecule has 8 nitrogen and oxygen atoms in total. The summed E-state index contributed by atoms with van der Waals surface area (Å²) < 4.78 is 32.7. The number of likely N-dealkylation sites (N-methyl/N-ethyl adjacent to an activating group) is 1. The third kappa shape index (κ3) is 5.04. The van der Waals surface area contributed by atoms with Crippen molar-refractivity contribution in [3.05, 3.63) is 59.7 Å². The Morgan fingerprint density at radius 1 is 1.12 bits per heavy atom. The number of carbonyl (C=O) groups is 1. The number of fused-ring (bicyclic) bond motifs is 1. The maximum Gasteiger partial charge on any atom is 0.263 e. The monoisotopic (exact) mass is 470 g/mol. The van der Waals surface area contributed by atoms with Crippen molar-refractivity contribution in [2.75, 3.05) is 38.3 Å². The second kappa shape index (κ2) is 9.52. The lowest BCUT2D eigenvalue weighted by molar-refractivity contribution is -0.132. The van der Waals surface area contributed by atoms with Crippen LogP contribution in [-0.4, -0.2) is 64.5 Å². The highest BCUT2D eigenvalue weighted by Gasteiger charge is 2.33. The van der Waals surface area contributed by atoms with Gasteiger partial charge in [0, 0.05) is 37.9 Å². The molecule has 2 heterocycles. The first-order valence-corrected chi connectivity index (χ1v) is 12.6. The molecule has 0 saturated carbocycles. The van der Waals surface area contributed by atoms with E-state index in [-0.39, 0.29) is 22.6 Å². The first-order valence-electron chi connectivity index (χ1n) is 11.1. The molecule has 2 aromatic carbocycles. The van der Waals surface area contributed by atoms with Gasteiger partial charge in [-0.25, -0.2) is 8.42 Å². The molecule has 0 aromatic heterocycles. The van der Waals surface area contributed by atoms with Crippen molar-refractivity contribution in [2.45, 2.75) is 31.3 Å². The van der Waals surface area contributed by atoms with Crippen molar-refractivity contribution in [2.24, 2.45) is 10.9 Å². The maximum atomic E-state index is 13.3. The molecule has 9 heteroatoms. The lowest BCUT2D eigenvalue weighted by atomic mass is 10.0. The fourth-order valence-corrected chi connectivity index (χ4v) is 5.31. The minimum Gasteiger partial charge on any atom is -0.378 e. The number of sulfonamides is 1. The number of amides is 1. The number of morpholine rings is 1. The quantitative estimate of drug-likeness (QED) is 0.699. The van der Waals surface area contributed by atoms with Gasteiger partial charge in [0.1, 0.15) is 11.9 Å². The van der Waals surface area contributed by atoms with Crippen molar-refractivity contribution in [1.82, 2.24) is 9.62 Å². The number of amidine groups is 1. The molecule has 1 N–H and O–H groups in total. The fourth-order valence-electron chi connectivity index (χ4n) is 4.07. The van der Waals surface area contributed by atoms with Gasteiger partial charge in [-0.05, 0) is 35.7 Å². The highest BCUT2D eigenvalue weighted by atomic mass is 32.2. The summed E-state index contributed by atoms with van der Waals surface area (Å²) >= 11 is 0. The molecule has 33 heavy (non-hydrogen) atoms. The summed E-state index contributed by atoms with van der Waals surface area (Å²) in [7, 11) is -1.90. The van der Waals surface area contributed by atoms with Crippen molar-refractivity contribution in [1.29, 1.82) is 0 Å². The minimum absolute atomic E-state index is 0.103. The van der Waals surface area contributed by atoms with E-state index in [1.54, 1.807) is 36.2 Å². The van der Waals surface area contributed by atoms with Gasteiger partial charge in [-0.1, -0.05) is 38.1 Å². The Hall–Kier alpha value is -2.91. The lowest BCUT2D eigenvalue weighted by Gasteiger charge is -2.29. The zero-order valence-corrected chi connectivity index (χ0v) is 20.0. The molecule has 0 spiro atoms. The van der Waals surface area contributed by atoms with Crippen LogP contribution in [0.2, 0.25) is 0 Å². The first-order chi connectivity index (χ1) is 15.8. The topological polar surface area (TPSA) is 91.3 Å². The van der Waals surface area contributed by atoms with Crippen LogP contribution in [0, 0.1) is 5.92 Å². The summed E-state index contributed by atoms with van der Waals surface area (Å²) in [6.45, 7) is 7.48. The molecule has 1 amide bonds. The van der Waals surface area contributed by atoms with Gasteiger partial charge >= 0.3 is 0 Å². The Kier molecular flexibility index (Phi) is 6.71. The van der Waals surface area contributed by atoms with E-state index in [0.29, 0.717) is 12.1 Å². The number of anilines is 1. The van der Waals surface area contributed by atoms with E-state index in [1.807, 2.05) is 26.0 Å². The van der Waals surface area contributed by atoms with E-state index >= 15 is 0 Å². The molecule has 176 valence electrons. The van der Waals surface area contributed by atoms with E-state index < -0.39 is 16.1 Å². The van der Waals surface area contributed by atoms with E-state index in [9.17, 15) is 13.2 Å². The van der Waals surface area contributed by atoms with Crippen LogP contribution in [0.15, 0.2) is 58.4 Å². The number of nitrogens with one attached hydrogen (secondary N) is 1. The Morgan fingerprint density at radius 3 is 2.45 bits per heavy atom. The summed E-state index contributed by atoms with van der Waals surface area (Å²) in [5.41, 5.74) is 2.66. The zero-order chi connectivity index (χ0) is 23.6. The van der Waals surface area contributed by atoms with Crippen molar-refractivity contribution in [3.8, 4) is 0 Å². The second-order valence-corrected chi connectivity index (χ2v) is 10.4.